The van der Waals surface area contributed by atoms with Gasteiger partial charge in [0.1, 0.15) is 0 Å². The van der Waals surface area contributed by atoms with E-state index < -0.39 is 0 Å². The Morgan fingerprint density at radius 1 is 1.35 bits per heavy atom. The number of carbonyl (C=O) groups excluding carboxylic acids is 1. The van der Waals surface area contributed by atoms with Crippen LogP contribution in [0.25, 0.3) is 10.9 Å². The quantitative estimate of drug-likeness (QED) is 0.457. The molecular weight excluding hydrogens is 350 g/mol. The van der Waals surface area contributed by atoms with Crippen LogP contribution in [0.4, 0.5) is 0 Å². The van der Waals surface area contributed by atoms with E-state index in [1.54, 1.807) is 16.7 Å². The van der Waals surface area contributed by atoms with E-state index in [1.165, 1.54) is 11.8 Å². The molecule has 0 N–H and O–H groups in total. The number of rotatable bonds is 5. The Hall–Kier alpha value is -2.12. The lowest BCUT2D eigenvalue weighted by molar-refractivity contribution is -0.140. The zero-order valence-electron chi connectivity index (χ0n) is 15.1. The van der Waals surface area contributed by atoms with Crippen LogP contribution in [-0.4, -0.2) is 51.4 Å². The number of hydrogen-bond acceptors (Lipinski definition) is 5. The lowest BCUT2D eigenvalue weighted by Gasteiger charge is -2.35. The van der Waals surface area contributed by atoms with Gasteiger partial charge in [0.25, 0.3) is 5.56 Å². The van der Waals surface area contributed by atoms with E-state index in [2.05, 4.69) is 11.6 Å². The number of hydrogen-bond donors (Lipinski definition) is 0. The normalized spacial score (nSPS) is 20.3. The summed E-state index contributed by atoms with van der Waals surface area (Å²) in [5.74, 6) is 0.269. The second-order valence-electron chi connectivity index (χ2n) is 6.46. The molecule has 0 unspecified atom stereocenters. The van der Waals surface area contributed by atoms with Gasteiger partial charge in [-0.3, -0.25) is 14.2 Å². The highest BCUT2D eigenvalue weighted by Gasteiger charge is 2.26. The van der Waals surface area contributed by atoms with Crippen LogP contribution in [0, 0.1) is 0 Å². The molecule has 0 saturated carbocycles. The third-order valence-corrected chi connectivity index (χ3v) is 5.20. The molecule has 6 nitrogen and oxygen atoms in total. The summed E-state index contributed by atoms with van der Waals surface area (Å²) >= 11 is 1.29. The fourth-order valence-corrected chi connectivity index (χ4v) is 4.06. The molecule has 1 amide bonds. The number of thioether (sulfide) groups is 1. The predicted molar refractivity (Wildman–Crippen MR) is 104 cm³/mol. The minimum absolute atomic E-state index is 0.0320. The third-order valence-electron chi connectivity index (χ3n) is 4.24. The zero-order valence-corrected chi connectivity index (χ0v) is 15.9. The Labute approximate surface area is 156 Å². The Bertz CT molecular complexity index is 870. The van der Waals surface area contributed by atoms with E-state index in [-0.39, 0.29) is 29.4 Å². The summed E-state index contributed by atoms with van der Waals surface area (Å²) < 4.78 is 7.24. The van der Waals surface area contributed by atoms with Gasteiger partial charge in [-0.15, -0.1) is 6.58 Å². The first kappa shape index (κ1) is 18.7. The standard InChI is InChI=1S/C19H23N3O3S/c1-4-9-22-18(24)15-7-5-6-8-16(15)20-19(22)26-12-17(23)21-10-13(2)25-14(3)11-21/h4-8,13-14H,1,9-12H2,2-3H3/t13-,14-/m1/s1. The summed E-state index contributed by atoms with van der Waals surface area (Å²) in [4.78, 5) is 31.7. The van der Waals surface area contributed by atoms with Crippen molar-refractivity contribution in [2.45, 2.75) is 37.8 Å². The number of allylic oxidation sites excluding steroid dienone is 1. The Morgan fingerprint density at radius 2 is 2.04 bits per heavy atom. The highest BCUT2D eigenvalue weighted by molar-refractivity contribution is 7.99. The van der Waals surface area contributed by atoms with Gasteiger partial charge in [0.15, 0.2) is 5.16 Å². The van der Waals surface area contributed by atoms with Gasteiger partial charge >= 0.3 is 0 Å². The van der Waals surface area contributed by atoms with E-state index in [1.807, 2.05) is 36.9 Å². The number of fused-ring (bicyclic) bond motifs is 1. The Kier molecular flexibility index (Phi) is 5.78. The van der Waals surface area contributed by atoms with Crippen molar-refractivity contribution in [3.63, 3.8) is 0 Å². The van der Waals surface area contributed by atoms with Crippen molar-refractivity contribution in [2.75, 3.05) is 18.8 Å². The number of carbonyl (C=O) groups is 1. The first-order chi connectivity index (χ1) is 12.5. The average Bonchev–Trinajstić information content (AvgIpc) is 2.61. The first-order valence-corrected chi connectivity index (χ1v) is 9.64. The summed E-state index contributed by atoms with van der Waals surface area (Å²) in [6.07, 6.45) is 1.73. The van der Waals surface area contributed by atoms with Crippen molar-refractivity contribution in [1.29, 1.82) is 0 Å². The van der Waals surface area contributed by atoms with Crippen LogP contribution in [0.15, 0.2) is 46.9 Å². The molecule has 2 aromatic rings. The minimum atomic E-state index is -0.112. The van der Waals surface area contributed by atoms with Crippen molar-refractivity contribution >= 4 is 28.6 Å². The van der Waals surface area contributed by atoms with Crippen LogP contribution in [0.2, 0.25) is 0 Å². The van der Waals surface area contributed by atoms with Crippen LogP contribution >= 0.6 is 11.8 Å². The number of benzene rings is 1. The Balaban J connectivity index is 1.81. The summed E-state index contributed by atoms with van der Waals surface area (Å²) in [6, 6.07) is 7.25. The van der Waals surface area contributed by atoms with Gasteiger partial charge in [-0.25, -0.2) is 4.98 Å². The van der Waals surface area contributed by atoms with Crippen molar-refractivity contribution in [1.82, 2.24) is 14.5 Å². The molecule has 7 heteroatoms. The zero-order chi connectivity index (χ0) is 18.7. The molecule has 2 heterocycles. The van der Waals surface area contributed by atoms with Crippen LogP contribution in [0.5, 0.6) is 0 Å². The largest absolute Gasteiger partial charge is 0.372 e. The van der Waals surface area contributed by atoms with E-state index in [9.17, 15) is 9.59 Å². The molecule has 1 aliphatic rings. The van der Waals surface area contributed by atoms with Gasteiger partial charge in [-0.05, 0) is 26.0 Å². The molecule has 1 aliphatic heterocycles. The van der Waals surface area contributed by atoms with E-state index in [0.717, 1.165) is 0 Å². The van der Waals surface area contributed by atoms with Gasteiger partial charge in [0.2, 0.25) is 5.91 Å². The molecule has 0 radical (unpaired) electrons. The second kappa shape index (κ2) is 8.05. The lowest BCUT2D eigenvalue weighted by Crippen LogP contribution is -2.48. The highest BCUT2D eigenvalue weighted by atomic mass is 32.2. The third kappa shape index (κ3) is 3.99. The van der Waals surface area contributed by atoms with Crippen LogP contribution < -0.4 is 5.56 Å². The summed E-state index contributed by atoms with van der Waals surface area (Å²) in [5, 5.41) is 1.11. The molecule has 3 rings (SSSR count). The number of para-hydroxylation sites is 1. The summed E-state index contributed by atoms with van der Waals surface area (Å²) in [7, 11) is 0. The maximum atomic E-state index is 12.7. The highest BCUT2D eigenvalue weighted by Crippen LogP contribution is 2.20. The molecule has 1 aromatic heterocycles. The molecule has 26 heavy (non-hydrogen) atoms. The fraction of sp³-hybridized carbons (Fsp3) is 0.421. The molecule has 1 fully saturated rings. The smallest absolute Gasteiger partial charge is 0.262 e. The topological polar surface area (TPSA) is 64.4 Å². The predicted octanol–water partition coefficient (Wildman–Crippen LogP) is 2.31. The number of morpholine rings is 1. The van der Waals surface area contributed by atoms with Crippen LogP contribution in [-0.2, 0) is 16.1 Å². The average molecular weight is 373 g/mol. The number of nitrogens with zero attached hydrogens (tertiary/aromatic N) is 3. The summed E-state index contributed by atoms with van der Waals surface area (Å²) in [6.45, 7) is 9.20. The van der Waals surface area contributed by atoms with Crippen molar-refractivity contribution in [3.05, 3.63) is 47.3 Å². The van der Waals surface area contributed by atoms with E-state index >= 15 is 0 Å². The van der Waals surface area contributed by atoms with Crippen molar-refractivity contribution in [2.24, 2.45) is 0 Å². The molecule has 0 aliphatic carbocycles. The number of aromatic nitrogens is 2. The van der Waals surface area contributed by atoms with Crippen LogP contribution in [0.3, 0.4) is 0 Å². The van der Waals surface area contributed by atoms with Crippen molar-refractivity contribution in [3.8, 4) is 0 Å². The maximum absolute atomic E-state index is 12.7. The van der Waals surface area contributed by atoms with Gasteiger partial charge in [0, 0.05) is 19.6 Å². The molecule has 138 valence electrons. The lowest BCUT2D eigenvalue weighted by atomic mass is 10.2. The van der Waals surface area contributed by atoms with Crippen molar-refractivity contribution < 1.29 is 9.53 Å². The van der Waals surface area contributed by atoms with Crippen LogP contribution in [0.1, 0.15) is 13.8 Å². The van der Waals surface area contributed by atoms with Gasteiger partial charge in [0.05, 0.1) is 28.9 Å². The Morgan fingerprint density at radius 3 is 2.73 bits per heavy atom. The molecule has 1 saturated heterocycles. The minimum Gasteiger partial charge on any atom is -0.372 e. The van der Waals surface area contributed by atoms with E-state index in [4.69, 9.17) is 4.74 Å². The molecule has 1 aromatic carbocycles. The molecule has 2 atom stereocenters. The first-order valence-electron chi connectivity index (χ1n) is 8.66. The van der Waals surface area contributed by atoms with E-state index in [0.29, 0.717) is 35.7 Å². The second-order valence-corrected chi connectivity index (χ2v) is 7.40. The van der Waals surface area contributed by atoms with Gasteiger partial charge in [-0.1, -0.05) is 30.0 Å². The fourth-order valence-electron chi connectivity index (χ4n) is 3.15. The van der Waals surface area contributed by atoms with Gasteiger partial charge < -0.3 is 9.64 Å². The summed E-state index contributed by atoms with van der Waals surface area (Å²) in [5.41, 5.74) is 0.528. The number of amides is 1. The SMILES string of the molecule is C=CCn1c(SCC(=O)N2C[C@@H](C)O[C@H](C)C2)nc2ccccc2c1=O. The molecule has 0 bridgehead atoms. The number of ether oxygens (including phenoxy) is 1. The maximum Gasteiger partial charge on any atom is 0.262 e. The molecular formula is C19H23N3O3S. The monoisotopic (exact) mass is 373 g/mol. The molecule has 0 spiro atoms. The van der Waals surface area contributed by atoms with Gasteiger partial charge in [-0.2, -0.15) is 0 Å².